The summed E-state index contributed by atoms with van der Waals surface area (Å²) in [6, 6.07) is 5.54. The molecule has 0 radical (unpaired) electrons. The molecule has 1 fully saturated rings. The molecular formula is C12H11F3N2. The molecule has 1 N–H and O–H groups in total. The summed E-state index contributed by atoms with van der Waals surface area (Å²) >= 11 is 0. The highest BCUT2D eigenvalue weighted by atomic mass is 19.4. The molecule has 2 unspecified atom stereocenters. The van der Waals surface area contributed by atoms with Crippen LogP contribution in [0, 0.1) is 17.2 Å². The van der Waals surface area contributed by atoms with Gasteiger partial charge in [0.1, 0.15) is 0 Å². The van der Waals surface area contributed by atoms with E-state index < -0.39 is 11.7 Å². The van der Waals surface area contributed by atoms with Crippen molar-refractivity contribution in [2.24, 2.45) is 5.92 Å². The van der Waals surface area contributed by atoms with Gasteiger partial charge in [0, 0.05) is 11.7 Å². The second-order valence-electron chi connectivity index (χ2n) is 4.33. The van der Waals surface area contributed by atoms with Gasteiger partial charge in [0.25, 0.3) is 0 Å². The molecule has 1 aliphatic carbocycles. The highest BCUT2D eigenvalue weighted by molar-refractivity contribution is 5.54. The largest absolute Gasteiger partial charge is 0.417 e. The van der Waals surface area contributed by atoms with Crippen molar-refractivity contribution in [3.8, 4) is 6.07 Å². The second kappa shape index (κ2) is 3.95. The van der Waals surface area contributed by atoms with E-state index >= 15 is 0 Å². The van der Waals surface area contributed by atoms with Crippen LogP contribution in [0.15, 0.2) is 18.2 Å². The lowest BCUT2D eigenvalue weighted by molar-refractivity contribution is -0.137. The second-order valence-corrected chi connectivity index (χ2v) is 4.33. The summed E-state index contributed by atoms with van der Waals surface area (Å²) in [5, 5.41) is 11.7. The molecule has 0 heterocycles. The summed E-state index contributed by atoms with van der Waals surface area (Å²) in [5.41, 5.74) is -0.795. The topological polar surface area (TPSA) is 35.8 Å². The molecule has 5 heteroatoms. The molecule has 0 bridgehead atoms. The Bertz CT molecular complexity index is 474. The minimum atomic E-state index is -4.49. The van der Waals surface area contributed by atoms with Crippen LogP contribution in [0.3, 0.4) is 0 Å². The predicted molar refractivity (Wildman–Crippen MR) is 57.4 cm³/mol. The number of hydrogen-bond donors (Lipinski definition) is 1. The van der Waals surface area contributed by atoms with Crippen LogP contribution in [-0.2, 0) is 6.18 Å². The van der Waals surface area contributed by atoms with Crippen molar-refractivity contribution in [1.29, 1.82) is 5.26 Å². The van der Waals surface area contributed by atoms with Gasteiger partial charge in [-0.25, -0.2) is 0 Å². The average molecular weight is 240 g/mol. The van der Waals surface area contributed by atoms with E-state index in [9.17, 15) is 13.2 Å². The minimum Gasteiger partial charge on any atom is -0.382 e. The lowest BCUT2D eigenvalue weighted by Gasteiger charge is -2.12. The summed E-state index contributed by atoms with van der Waals surface area (Å²) in [7, 11) is 0. The maximum Gasteiger partial charge on any atom is 0.417 e. The fourth-order valence-corrected chi connectivity index (χ4v) is 1.70. The van der Waals surface area contributed by atoms with E-state index in [2.05, 4.69) is 5.32 Å². The Balaban J connectivity index is 2.29. The van der Waals surface area contributed by atoms with E-state index in [1.165, 1.54) is 12.1 Å². The molecule has 0 amide bonds. The number of rotatable bonds is 2. The maximum atomic E-state index is 12.7. The normalized spacial score (nSPS) is 23.0. The van der Waals surface area contributed by atoms with Crippen molar-refractivity contribution >= 4 is 5.69 Å². The summed E-state index contributed by atoms with van der Waals surface area (Å²) in [5.74, 6) is 0.500. The van der Waals surface area contributed by atoms with Crippen molar-refractivity contribution in [2.75, 3.05) is 5.32 Å². The van der Waals surface area contributed by atoms with Gasteiger partial charge in [-0.15, -0.1) is 0 Å². The summed E-state index contributed by atoms with van der Waals surface area (Å²) in [4.78, 5) is 0. The number of nitrogens with one attached hydrogen (secondary N) is 1. The summed E-state index contributed by atoms with van der Waals surface area (Å²) in [6.45, 7) is 2.03. The smallest absolute Gasteiger partial charge is 0.382 e. The first-order chi connectivity index (χ1) is 7.91. The number of nitrogens with zero attached hydrogens (tertiary/aromatic N) is 1. The molecule has 0 spiro atoms. The number of nitriles is 1. The number of anilines is 1. The molecule has 1 aromatic carbocycles. The van der Waals surface area contributed by atoms with Crippen LogP contribution in [0.5, 0.6) is 0 Å². The van der Waals surface area contributed by atoms with Crippen molar-refractivity contribution in [3.05, 3.63) is 29.3 Å². The maximum absolute atomic E-state index is 12.7. The van der Waals surface area contributed by atoms with Crippen LogP contribution in [0.4, 0.5) is 18.9 Å². The first kappa shape index (κ1) is 11.8. The van der Waals surface area contributed by atoms with Gasteiger partial charge in [-0.2, -0.15) is 18.4 Å². The lowest BCUT2D eigenvalue weighted by Crippen LogP contribution is -2.10. The lowest BCUT2D eigenvalue weighted by atomic mass is 10.1. The van der Waals surface area contributed by atoms with Gasteiger partial charge in [-0.05, 0) is 30.5 Å². The van der Waals surface area contributed by atoms with Crippen molar-refractivity contribution in [2.45, 2.75) is 25.6 Å². The van der Waals surface area contributed by atoms with Crippen LogP contribution in [0.25, 0.3) is 0 Å². The molecule has 1 aliphatic rings. The van der Waals surface area contributed by atoms with Crippen LogP contribution >= 0.6 is 0 Å². The van der Waals surface area contributed by atoms with Gasteiger partial charge in [-0.1, -0.05) is 6.92 Å². The predicted octanol–water partition coefficient (Wildman–Crippen LogP) is 3.40. The van der Waals surface area contributed by atoms with Crippen molar-refractivity contribution in [3.63, 3.8) is 0 Å². The average Bonchev–Trinajstić information content (AvgIpc) is 2.93. The first-order valence-corrected chi connectivity index (χ1v) is 5.29. The van der Waals surface area contributed by atoms with E-state index in [1.807, 2.05) is 6.92 Å². The number of alkyl halides is 3. The molecular weight excluding hydrogens is 229 g/mol. The minimum absolute atomic E-state index is 0.254. The fraction of sp³-hybridized carbons (Fsp3) is 0.417. The van der Waals surface area contributed by atoms with Crippen LogP contribution < -0.4 is 5.32 Å². The van der Waals surface area contributed by atoms with E-state index in [0.717, 1.165) is 12.5 Å². The van der Waals surface area contributed by atoms with Gasteiger partial charge in [0.05, 0.1) is 17.2 Å². The molecule has 2 atom stereocenters. The Morgan fingerprint density at radius 1 is 1.41 bits per heavy atom. The molecule has 0 aromatic heterocycles. The molecule has 17 heavy (non-hydrogen) atoms. The van der Waals surface area contributed by atoms with Gasteiger partial charge >= 0.3 is 6.18 Å². The van der Waals surface area contributed by atoms with E-state index in [4.69, 9.17) is 5.26 Å². The zero-order valence-corrected chi connectivity index (χ0v) is 9.17. The Morgan fingerprint density at radius 2 is 2.06 bits per heavy atom. The first-order valence-electron chi connectivity index (χ1n) is 5.29. The Morgan fingerprint density at radius 3 is 2.53 bits per heavy atom. The fourth-order valence-electron chi connectivity index (χ4n) is 1.70. The van der Waals surface area contributed by atoms with Gasteiger partial charge in [0.15, 0.2) is 0 Å². The van der Waals surface area contributed by atoms with Gasteiger partial charge in [-0.3, -0.25) is 0 Å². The van der Waals surface area contributed by atoms with E-state index in [0.29, 0.717) is 11.6 Å². The molecule has 2 nitrogen and oxygen atoms in total. The molecule has 0 saturated heterocycles. The Labute approximate surface area is 97.1 Å². The van der Waals surface area contributed by atoms with Gasteiger partial charge in [0.2, 0.25) is 0 Å². The highest BCUT2D eigenvalue weighted by Crippen LogP contribution is 2.36. The van der Waals surface area contributed by atoms with E-state index in [-0.39, 0.29) is 11.6 Å². The molecule has 1 aromatic rings. The molecule has 90 valence electrons. The van der Waals surface area contributed by atoms with Crippen molar-refractivity contribution < 1.29 is 13.2 Å². The quantitative estimate of drug-likeness (QED) is 0.860. The highest BCUT2D eigenvalue weighted by Gasteiger charge is 2.35. The molecule has 1 saturated carbocycles. The Hall–Kier alpha value is -1.70. The number of hydrogen-bond acceptors (Lipinski definition) is 2. The third kappa shape index (κ3) is 2.52. The monoisotopic (exact) mass is 240 g/mol. The molecule has 2 rings (SSSR count). The van der Waals surface area contributed by atoms with Crippen LogP contribution in [-0.4, -0.2) is 6.04 Å². The summed E-state index contributed by atoms with van der Waals surface area (Å²) in [6.07, 6.45) is -3.51. The zero-order chi connectivity index (χ0) is 12.6. The number of halogens is 3. The Kier molecular flexibility index (Phi) is 2.74. The van der Waals surface area contributed by atoms with Gasteiger partial charge < -0.3 is 5.32 Å². The third-order valence-corrected chi connectivity index (χ3v) is 2.91. The van der Waals surface area contributed by atoms with E-state index in [1.54, 1.807) is 6.07 Å². The van der Waals surface area contributed by atoms with Crippen molar-refractivity contribution in [1.82, 2.24) is 0 Å². The summed E-state index contributed by atoms with van der Waals surface area (Å²) < 4.78 is 38.0. The van der Waals surface area contributed by atoms with Crippen LogP contribution in [0.2, 0.25) is 0 Å². The standard InChI is InChI=1S/C12H11F3N2/c1-7-4-11(7)17-9-3-2-8(6-16)10(5-9)12(13,14)15/h2-3,5,7,11,17H,4H2,1H3. The number of benzene rings is 1. The SMILES string of the molecule is CC1CC1Nc1ccc(C#N)c(C(F)(F)F)c1. The zero-order valence-electron chi connectivity index (χ0n) is 9.17. The molecule has 0 aliphatic heterocycles. The third-order valence-electron chi connectivity index (χ3n) is 2.91. The van der Waals surface area contributed by atoms with Crippen LogP contribution in [0.1, 0.15) is 24.5 Å².